The third-order valence-corrected chi connectivity index (χ3v) is 3.57. The van der Waals surface area contributed by atoms with E-state index in [-0.39, 0.29) is 29.6 Å². The van der Waals surface area contributed by atoms with Crippen LogP contribution >= 0.6 is 0 Å². The molecule has 0 saturated heterocycles. The highest BCUT2D eigenvalue weighted by Gasteiger charge is 2.19. The smallest absolute Gasteiger partial charge is 0.225 e. The van der Waals surface area contributed by atoms with E-state index in [0.717, 1.165) is 32.2 Å². The number of carbonyl (C=O) groups is 2. The number of unbranched alkanes of at least 4 members (excludes halogenated alkanes) is 5. The SMILES string of the molecule is CC(C)C(=O)COCCCCCCCCNC(=O)C(C)(C)C. The Morgan fingerprint density at radius 1 is 0.955 bits per heavy atom. The highest BCUT2D eigenvalue weighted by molar-refractivity contribution is 5.81. The van der Waals surface area contributed by atoms with E-state index in [1.165, 1.54) is 12.8 Å². The van der Waals surface area contributed by atoms with Crippen LogP contribution in [0.1, 0.15) is 73.1 Å². The lowest BCUT2D eigenvalue weighted by molar-refractivity contribution is -0.128. The molecule has 4 heteroatoms. The molecule has 0 unspecified atom stereocenters. The fourth-order valence-corrected chi connectivity index (χ4v) is 1.84. The first kappa shape index (κ1) is 21.1. The van der Waals surface area contributed by atoms with Crippen LogP contribution in [0.4, 0.5) is 0 Å². The minimum absolute atomic E-state index is 0.0683. The summed E-state index contributed by atoms with van der Waals surface area (Å²) in [5.41, 5.74) is -0.295. The van der Waals surface area contributed by atoms with E-state index in [4.69, 9.17) is 4.74 Å². The summed E-state index contributed by atoms with van der Waals surface area (Å²) in [7, 11) is 0. The van der Waals surface area contributed by atoms with Crippen LogP contribution in [0.25, 0.3) is 0 Å². The largest absolute Gasteiger partial charge is 0.374 e. The van der Waals surface area contributed by atoms with E-state index in [0.29, 0.717) is 6.61 Å². The highest BCUT2D eigenvalue weighted by Crippen LogP contribution is 2.12. The Bertz CT molecular complexity index is 319. The standard InChI is InChI=1S/C18H35NO3/c1-15(2)16(20)14-22-13-11-9-7-6-8-10-12-19-17(21)18(3,4)5/h15H,6-14H2,1-5H3,(H,19,21). The molecule has 0 aromatic rings. The summed E-state index contributed by atoms with van der Waals surface area (Å²) >= 11 is 0. The van der Waals surface area contributed by atoms with Crippen molar-refractivity contribution in [3.05, 3.63) is 0 Å². The normalized spacial score (nSPS) is 11.7. The molecule has 0 fully saturated rings. The van der Waals surface area contributed by atoms with Gasteiger partial charge in [0.15, 0.2) is 5.78 Å². The lowest BCUT2D eigenvalue weighted by atomic mass is 9.96. The third kappa shape index (κ3) is 11.7. The zero-order chi connectivity index (χ0) is 17.0. The Morgan fingerprint density at radius 2 is 1.50 bits per heavy atom. The maximum absolute atomic E-state index is 11.6. The van der Waals surface area contributed by atoms with Crippen molar-refractivity contribution in [3.8, 4) is 0 Å². The van der Waals surface area contributed by atoms with Crippen LogP contribution < -0.4 is 5.32 Å². The number of amides is 1. The molecule has 0 aliphatic carbocycles. The van der Waals surface area contributed by atoms with Gasteiger partial charge >= 0.3 is 0 Å². The van der Waals surface area contributed by atoms with E-state index in [1.54, 1.807) is 0 Å². The quantitative estimate of drug-likeness (QED) is 0.559. The molecule has 0 bridgehead atoms. The van der Waals surface area contributed by atoms with Gasteiger partial charge in [0, 0.05) is 24.5 Å². The van der Waals surface area contributed by atoms with Gasteiger partial charge in [-0.05, 0) is 12.8 Å². The predicted octanol–water partition coefficient (Wildman–Crippen LogP) is 3.73. The Balaban J connectivity index is 3.28. The first-order chi connectivity index (χ1) is 10.2. The van der Waals surface area contributed by atoms with Gasteiger partial charge in [-0.2, -0.15) is 0 Å². The molecule has 4 nitrogen and oxygen atoms in total. The van der Waals surface area contributed by atoms with E-state index in [9.17, 15) is 9.59 Å². The molecule has 0 radical (unpaired) electrons. The second kappa shape index (κ2) is 11.6. The van der Waals surface area contributed by atoms with E-state index in [2.05, 4.69) is 5.32 Å². The summed E-state index contributed by atoms with van der Waals surface area (Å²) in [5, 5.41) is 2.97. The fourth-order valence-electron chi connectivity index (χ4n) is 1.84. The molecule has 22 heavy (non-hydrogen) atoms. The number of ketones is 1. The number of nitrogens with one attached hydrogen (secondary N) is 1. The number of hydrogen-bond donors (Lipinski definition) is 1. The summed E-state index contributed by atoms with van der Waals surface area (Å²) in [6.07, 6.45) is 6.74. The van der Waals surface area contributed by atoms with Gasteiger partial charge in [0.1, 0.15) is 6.61 Å². The van der Waals surface area contributed by atoms with Gasteiger partial charge in [-0.3, -0.25) is 9.59 Å². The summed E-state index contributed by atoms with van der Waals surface area (Å²) in [5.74, 6) is 0.372. The molecule has 0 heterocycles. The van der Waals surface area contributed by atoms with Crippen molar-refractivity contribution in [2.75, 3.05) is 19.8 Å². The maximum atomic E-state index is 11.6. The van der Waals surface area contributed by atoms with Gasteiger partial charge in [0.05, 0.1) is 0 Å². The number of Topliss-reactive ketones (excluding diaryl/α,β-unsaturated/α-hetero) is 1. The summed E-state index contributed by atoms with van der Waals surface area (Å²) in [6, 6.07) is 0. The average Bonchev–Trinajstić information content (AvgIpc) is 2.42. The molecule has 0 saturated carbocycles. The Morgan fingerprint density at radius 3 is 2.05 bits per heavy atom. The second-order valence-corrected chi connectivity index (χ2v) is 7.30. The van der Waals surface area contributed by atoms with Crippen LogP contribution in [0.15, 0.2) is 0 Å². The van der Waals surface area contributed by atoms with Crippen LogP contribution in [0.3, 0.4) is 0 Å². The van der Waals surface area contributed by atoms with Crippen LogP contribution in [0.2, 0.25) is 0 Å². The zero-order valence-electron chi connectivity index (χ0n) is 15.2. The molecule has 0 spiro atoms. The molecule has 0 aromatic carbocycles. The topological polar surface area (TPSA) is 55.4 Å². The van der Waals surface area contributed by atoms with Gasteiger partial charge in [-0.25, -0.2) is 0 Å². The van der Waals surface area contributed by atoms with E-state index in [1.807, 2.05) is 34.6 Å². The maximum Gasteiger partial charge on any atom is 0.225 e. The van der Waals surface area contributed by atoms with Gasteiger partial charge in [0.25, 0.3) is 0 Å². The molecule has 0 aliphatic heterocycles. The van der Waals surface area contributed by atoms with E-state index < -0.39 is 0 Å². The lowest BCUT2D eigenvalue weighted by Crippen LogP contribution is -2.35. The van der Waals surface area contributed by atoms with Crippen LogP contribution in [-0.2, 0) is 14.3 Å². The summed E-state index contributed by atoms with van der Waals surface area (Å²) < 4.78 is 5.36. The van der Waals surface area contributed by atoms with Crippen molar-refractivity contribution < 1.29 is 14.3 Å². The van der Waals surface area contributed by atoms with Crippen molar-refractivity contribution >= 4 is 11.7 Å². The van der Waals surface area contributed by atoms with E-state index >= 15 is 0 Å². The van der Waals surface area contributed by atoms with Gasteiger partial charge < -0.3 is 10.1 Å². The first-order valence-electron chi connectivity index (χ1n) is 8.64. The number of hydrogen-bond acceptors (Lipinski definition) is 3. The molecule has 0 atom stereocenters. The third-order valence-electron chi connectivity index (χ3n) is 3.57. The molecular formula is C18H35NO3. The van der Waals surface area contributed by atoms with Crippen molar-refractivity contribution in [2.24, 2.45) is 11.3 Å². The molecule has 0 aromatic heterocycles. The van der Waals surface area contributed by atoms with Crippen molar-refractivity contribution in [3.63, 3.8) is 0 Å². The highest BCUT2D eigenvalue weighted by atomic mass is 16.5. The molecule has 0 aliphatic rings. The lowest BCUT2D eigenvalue weighted by Gasteiger charge is -2.17. The molecule has 0 rings (SSSR count). The second-order valence-electron chi connectivity index (χ2n) is 7.30. The minimum atomic E-state index is -0.295. The van der Waals surface area contributed by atoms with Crippen LogP contribution in [0.5, 0.6) is 0 Å². The van der Waals surface area contributed by atoms with Gasteiger partial charge in [0.2, 0.25) is 5.91 Å². The number of rotatable bonds is 12. The average molecular weight is 313 g/mol. The molecular weight excluding hydrogens is 278 g/mol. The van der Waals surface area contributed by atoms with Crippen molar-refractivity contribution in [2.45, 2.75) is 73.1 Å². The number of ether oxygens (including phenoxy) is 1. The predicted molar refractivity (Wildman–Crippen MR) is 90.8 cm³/mol. The summed E-state index contributed by atoms with van der Waals surface area (Å²) in [6.45, 7) is 11.3. The van der Waals surface area contributed by atoms with Crippen LogP contribution in [-0.4, -0.2) is 31.4 Å². The first-order valence-corrected chi connectivity index (χ1v) is 8.64. The Hall–Kier alpha value is -0.900. The van der Waals surface area contributed by atoms with Crippen LogP contribution in [0, 0.1) is 11.3 Å². The monoisotopic (exact) mass is 313 g/mol. The Labute approximate surface area is 136 Å². The summed E-state index contributed by atoms with van der Waals surface area (Å²) in [4.78, 5) is 23.0. The minimum Gasteiger partial charge on any atom is -0.374 e. The van der Waals surface area contributed by atoms with Crippen molar-refractivity contribution in [1.82, 2.24) is 5.32 Å². The number of carbonyl (C=O) groups excluding carboxylic acids is 2. The molecule has 1 amide bonds. The van der Waals surface area contributed by atoms with Crippen molar-refractivity contribution in [1.29, 1.82) is 0 Å². The fraction of sp³-hybridized carbons (Fsp3) is 0.889. The Kier molecular flexibility index (Phi) is 11.2. The molecule has 130 valence electrons. The van der Waals surface area contributed by atoms with Gasteiger partial charge in [-0.1, -0.05) is 60.3 Å². The van der Waals surface area contributed by atoms with Gasteiger partial charge in [-0.15, -0.1) is 0 Å². The zero-order valence-corrected chi connectivity index (χ0v) is 15.2. The molecule has 1 N–H and O–H groups in total.